The van der Waals surface area contributed by atoms with E-state index in [2.05, 4.69) is 10.2 Å². The second-order valence-corrected chi connectivity index (χ2v) is 4.84. The van der Waals surface area contributed by atoms with Crippen LogP contribution in [0.4, 0.5) is 5.69 Å². The maximum Gasteiger partial charge on any atom is 0.256 e. The molecule has 0 fully saturated rings. The summed E-state index contributed by atoms with van der Waals surface area (Å²) < 4.78 is 1.94. The number of carbonyl (C=O) groups is 1. The van der Waals surface area contributed by atoms with E-state index in [1.807, 2.05) is 4.57 Å². The first-order chi connectivity index (χ1) is 9.15. The maximum atomic E-state index is 12.4. The third kappa shape index (κ3) is 2.15. The van der Waals surface area contributed by atoms with Gasteiger partial charge in [0.25, 0.3) is 5.91 Å². The molecule has 98 valence electrons. The van der Waals surface area contributed by atoms with E-state index in [1.165, 1.54) is 0 Å². The van der Waals surface area contributed by atoms with Gasteiger partial charge in [-0.1, -0.05) is 11.6 Å². The molecule has 2 N–H and O–H groups in total. The highest BCUT2D eigenvalue weighted by Crippen LogP contribution is 2.21. The highest BCUT2D eigenvalue weighted by molar-refractivity contribution is 6.31. The van der Waals surface area contributed by atoms with Gasteiger partial charge in [0.1, 0.15) is 6.33 Å². The van der Waals surface area contributed by atoms with Gasteiger partial charge in [-0.05, 0) is 18.2 Å². The number of anilines is 1. The molecular formula is C12H12ClN5O. The van der Waals surface area contributed by atoms with E-state index in [9.17, 15) is 4.79 Å². The molecule has 0 radical (unpaired) electrons. The smallest absolute Gasteiger partial charge is 0.256 e. The van der Waals surface area contributed by atoms with Crippen LogP contribution in [0.2, 0.25) is 5.02 Å². The molecular weight excluding hydrogens is 266 g/mol. The maximum absolute atomic E-state index is 12.4. The number of carbonyl (C=O) groups excluding carboxylic acids is 1. The van der Waals surface area contributed by atoms with Gasteiger partial charge < -0.3 is 15.2 Å². The van der Waals surface area contributed by atoms with E-state index < -0.39 is 0 Å². The number of nitrogen functional groups attached to an aromatic ring is 1. The molecule has 19 heavy (non-hydrogen) atoms. The Balaban J connectivity index is 1.85. The minimum atomic E-state index is -0.108. The lowest BCUT2D eigenvalue weighted by atomic mass is 10.1. The quantitative estimate of drug-likeness (QED) is 0.794. The molecule has 7 heteroatoms. The van der Waals surface area contributed by atoms with Crippen molar-refractivity contribution in [2.75, 3.05) is 12.3 Å². The van der Waals surface area contributed by atoms with Crippen LogP contribution in [0.25, 0.3) is 0 Å². The van der Waals surface area contributed by atoms with Crippen molar-refractivity contribution in [3.05, 3.63) is 40.9 Å². The molecule has 6 nitrogen and oxygen atoms in total. The van der Waals surface area contributed by atoms with Gasteiger partial charge in [-0.2, -0.15) is 0 Å². The second kappa shape index (κ2) is 4.55. The largest absolute Gasteiger partial charge is 0.398 e. The van der Waals surface area contributed by atoms with Crippen LogP contribution in [-0.4, -0.2) is 32.1 Å². The third-order valence-corrected chi connectivity index (χ3v) is 3.41. The van der Waals surface area contributed by atoms with Crippen LogP contribution >= 0.6 is 11.6 Å². The van der Waals surface area contributed by atoms with E-state index in [0.29, 0.717) is 35.9 Å². The van der Waals surface area contributed by atoms with E-state index in [1.54, 1.807) is 29.4 Å². The van der Waals surface area contributed by atoms with Crippen molar-refractivity contribution in [1.82, 2.24) is 19.7 Å². The minimum Gasteiger partial charge on any atom is -0.398 e. The van der Waals surface area contributed by atoms with Crippen molar-refractivity contribution < 1.29 is 4.79 Å². The molecule has 1 aromatic heterocycles. The number of nitrogens with two attached hydrogens (primary N) is 1. The molecule has 1 amide bonds. The fraction of sp³-hybridized carbons (Fsp3) is 0.250. The summed E-state index contributed by atoms with van der Waals surface area (Å²) in [5.74, 6) is 0.676. The number of nitrogens with zero attached hydrogens (tertiary/aromatic N) is 4. The highest BCUT2D eigenvalue weighted by atomic mass is 35.5. The van der Waals surface area contributed by atoms with E-state index >= 15 is 0 Å². The predicted molar refractivity (Wildman–Crippen MR) is 70.6 cm³/mol. The summed E-state index contributed by atoms with van der Waals surface area (Å²) >= 11 is 5.83. The molecule has 0 saturated carbocycles. The SMILES string of the molecule is Nc1cc(Cl)ccc1C(=O)N1CCn2cnnc2C1. The molecule has 2 aromatic rings. The number of fused-ring (bicyclic) bond motifs is 1. The standard InChI is InChI=1S/C12H12ClN5O/c13-8-1-2-9(10(14)5-8)12(19)17-3-4-18-7-15-16-11(18)6-17/h1-2,5,7H,3-4,6,14H2. The molecule has 1 aromatic carbocycles. The summed E-state index contributed by atoms with van der Waals surface area (Å²) in [5, 5.41) is 8.34. The van der Waals surface area contributed by atoms with Crippen LogP contribution in [0.15, 0.2) is 24.5 Å². The fourth-order valence-electron chi connectivity index (χ4n) is 2.14. The van der Waals surface area contributed by atoms with E-state index in [4.69, 9.17) is 17.3 Å². The van der Waals surface area contributed by atoms with Gasteiger partial charge in [0.2, 0.25) is 0 Å². The first-order valence-corrected chi connectivity index (χ1v) is 6.24. The van der Waals surface area contributed by atoms with Crippen molar-refractivity contribution >= 4 is 23.2 Å². The molecule has 0 spiro atoms. The zero-order chi connectivity index (χ0) is 13.4. The second-order valence-electron chi connectivity index (χ2n) is 4.40. The van der Waals surface area contributed by atoms with Gasteiger partial charge in [-0.25, -0.2) is 0 Å². The van der Waals surface area contributed by atoms with Gasteiger partial charge >= 0.3 is 0 Å². The zero-order valence-corrected chi connectivity index (χ0v) is 10.8. The topological polar surface area (TPSA) is 77.0 Å². The number of aromatic nitrogens is 3. The summed E-state index contributed by atoms with van der Waals surface area (Å²) in [4.78, 5) is 14.1. The Morgan fingerprint density at radius 2 is 2.21 bits per heavy atom. The lowest BCUT2D eigenvalue weighted by Gasteiger charge is -2.27. The zero-order valence-electron chi connectivity index (χ0n) is 10.1. The number of amides is 1. The summed E-state index contributed by atoms with van der Waals surface area (Å²) in [7, 11) is 0. The first-order valence-electron chi connectivity index (χ1n) is 5.86. The minimum absolute atomic E-state index is 0.108. The van der Waals surface area contributed by atoms with Crippen molar-refractivity contribution in [2.24, 2.45) is 0 Å². The molecule has 0 unspecified atom stereocenters. The first kappa shape index (κ1) is 12.0. The number of rotatable bonds is 1. The summed E-state index contributed by atoms with van der Waals surface area (Å²) in [6.07, 6.45) is 1.67. The van der Waals surface area contributed by atoms with Crippen LogP contribution in [0.5, 0.6) is 0 Å². The Bertz CT molecular complexity index is 639. The molecule has 2 heterocycles. The molecule has 0 saturated heterocycles. The number of hydrogen-bond donors (Lipinski definition) is 1. The Morgan fingerprint density at radius 1 is 1.37 bits per heavy atom. The lowest BCUT2D eigenvalue weighted by Crippen LogP contribution is -2.38. The van der Waals surface area contributed by atoms with E-state index in [-0.39, 0.29) is 5.91 Å². The molecule has 1 aliphatic rings. The number of benzene rings is 1. The molecule has 0 aliphatic carbocycles. The lowest BCUT2D eigenvalue weighted by molar-refractivity contribution is 0.0708. The highest BCUT2D eigenvalue weighted by Gasteiger charge is 2.24. The van der Waals surface area contributed by atoms with Crippen LogP contribution in [-0.2, 0) is 13.1 Å². The van der Waals surface area contributed by atoms with Crippen molar-refractivity contribution in [1.29, 1.82) is 0 Å². The van der Waals surface area contributed by atoms with Crippen LogP contribution < -0.4 is 5.73 Å². The molecule has 0 bridgehead atoms. The van der Waals surface area contributed by atoms with Gasteiger partial charge in [0.15, 0.2) is 5.82 Å². The normalized spacial score (nSPS) is 14.3. The van der Waals surface area contributed by atoms with Gasteiger partial charge in [-0.3, -0.25) is 4.79 Å². The van der Waals surface area contributed by atoms with Crippen molar-refractivity contribution in [3.63, 3.8) is 0 Å². The number of halogens is 1. The Labute approximate surface area is 114 Å². The molecule has 3 rings (SSSR count). The fourth-order valence-corrected chi connectivity index (χ4v) is 2.32. The Morgan fingerprint density at radius 3 is 3.00 bits per heavy atom. The van der Waals surface area contributed by atoms with Gasteiger partial charge in [-0.15, -0.1) is 10.2 Å². The van der Waals surface area contributed by atoms with Gasteiger partial charge in [0.05, 0.1) is 12.1 Å². The van der Waals surface area contributed by atoms with Crippen LogP contribution in [0.1, 0.15) is 16.2 Å². The average molecular weight is 278 g/mol. The van der Waals surface area contributed by atoms with Crippen molar-refractivity contribution in [2.45, 2.75) is 13.1 Å². The third-order valence-electron chi connectivity index (χ3n) is 3.17. The molecule has 1 aliphatic heterocycles. The van der Waals surface area contributed by atoms with Gasteiger partial charge in [0, 0.05) is 23.8 Å². The Hall–Kier alpha value is -2.08. The predicted octanol–water partition coefficient (Wildman–Crippen LogP) is 1.17. The molecule has 0 atom stereocenters. The summed E-state index contributed by atoms with van der Waals surface area (Å²) in [6, 6.07) is 4.90. The monoisotopic (exact) mass is 277 g/mol. The summed E-state index contributed by atoms with van der Waals surface area (Å²) in [5.41, 5.74) is 6.70. The van der Waals surface area contributed by atoms with E-state index in [0.717, 1.165) is 5.82 Å². The number of hydrogen-bond acceptors (Lipinski definition) is 4. The average Bonchev–Trinajstić information content (AvgIpc) is 2.85. The summed E-state index contributed by atoms with van der Waals surface area (Å²) in [6.45, 7) is 1.76. The Kier molecular flexibility index (Phi) is 2.87. The van der Waals surface area contributed by atoms with Crippen LogP contribution in [0, 0.1) is 0 Å². The van der Waals surface area contributed by atoms with Crippen LogP contribution in [0.3, 0.4) is 0 Å². The van der Waals surface area contributed by atoms with Crippen molar-refractivity contribution in [3.8, 4) is 0 Å².